The summed E-state index contributed by atoms with van der Waals surface area (Å²) < 4.78 is 0. The fourth-order valence-electron chi connectivity index (χ4n) is 3.97. The number of aryl methyl sites for hydroxylation is 3. The second-order valence-corrected chi connectivity index (χ2v) is 7.96. The molecule has 0 aromatic heterocycles. The molecular formula is C27H32N2O. The fraction of sp³-hybridized carbons (Fsp3) is 0.296. The van der Waals surface area contributed by atoms with Gasteiger partial charge in [0.2, 0.25) is 0 Å². The molecule has 0 spiro atoms. The summed E-state index contributed by atoms with van der Waals surface area (Å²) in [5.41, 5.74) is 6.45. The molecule has 0 aliphatic heterocycles. The Bertz CT molecular complexity index is 944. The summed E-state index contributed by atoms with van der Waals surface area (Å²) in [6.45, 7) is 9.78. The van der Waals surface area contributed by atoms with E-state index < -0.39 is 0 Å². The van der Waals surface area contributed by atoms with E-state index in [9.17, 15) is 4.79 Å². The Hall–Kier alpha value is -3.07. The molecule has 0 aliphatic carbocycles. The van der Waals surface area contributed by atoms with Crippen molar-refractivity contribution in [3.8, 4) is 0 Å². The Kier molecular flexibility index (Phi) is 7.29. The van der Waals surface area contributed by atoms with Crippen LogP contribution in [0.4, 0.5) is 16.2 Å². The predicted octanol–water partition coefficient (Wildman–Crippen LogP) is 7.17. The number of nitrogens with zero attached hydrogens (tertiary/aromatic N) is 2. The molecule has 0 N–H and O–H groups in total. The minimum Gasteiger partial charge on any atom is -0.320 e. The van der Waals surface area contributed by atoms with Crippen molar-refractivity contribution in [3.63, 3.8) is 0 Å². The third-order valence-corrected chi connectivity index (χ3v) is 5.33. The van der Waals surface area contributed by atoms with Gasteiger partial charge in [-0.05, 0) is 56.0 Å². The minimum atomic E-state index is 0.0218. The van der Waals surface area contributed by atoms with Gasteiger partial charge in [0.1, 0.15) is 0 Å². The van der Waals surface area contributed by atoms with Crippen LogP contribution >= 0.6 is 0 Å². The second kappa shape index (κ2) is 10.1. The molecule has 0 radical (unpaired) electrons. The maximum absolute atomic E-state index is 14.0. The Labute approximate surface area is 181 Å². The van der Waals surface area contributed by atoms with E-state index in [4.69, 9.17) is 0 Å². The van der Waals surface area contributed by atoms with Crippen molar-refractivity contribution in [1.82, 2.24) is 4.90 Å². The van der Waals surface area contributed by atoms with Gasteiger partial charge in [-0.1, -0.05) is 79.6 Å². The lowest BCUT2D eigenvalue weighted by Crippen LogP contribution is -2.41. The first-order chi connectivity index (χ1) is 14.5. The van der Waals surface area contributed by atoms with Crippen molar-refractivity contribution >= 4 is 17.4 Å². The smallest absolute Gasteiger partial charge is 0.320 e. The molecule has 156 valence electrons. The van der Waals surface area contributed by atoms with Crippen LogP contribution in [-0.4, -0.2) is 17.5 Å². The highest BCUT2D eigenvalue weighted by atomic mass is 16.2. The van der Waals surface area contributed by atoms with E-state index in [2.05, 4.69) is 52.0 Å². The summed E-state index contributed by atoms with van der Waals surface area (Å²) in [6.07, 6.45) is 2.03. The quantitative estimate of drug-likeness (QED) is 0.412. The lowest BCUT2D eigenvalue weighted by atomic mass is 10.0. The third kappa shape index (κ3) is 5.10. The summed E-state index contributed by atoms with van der Waals surface area (Å²) in [7, 11) is 0. The van der Waals surface area contributed by atoms with Crippen molar-refractivity contribution in [3.05, 3.63) is 95.1 Å². The molecule has 0 saturated carbocycles. The summed E-state index contributed by atoms with van der Waals surface area (Å²) in [5.74, 6) is 0. The highest BCUT2D eigenvalue weighted by Crippen LogP contribution is 2.34. The monoisotopic (exact) mass is 400 g/mol. The first-order valence-electron chi connectivity index (χ1n) is 10.8. The lowest BCUT2D eigenvalue weighted by molar-refractivity contribution is 0.203. The Morgan fingerprint density at radius 1 is 0.833 bits per heavy atom. The number of amides is 2. The van der Waals surface area contributed by atoms with E-state index in [-0.39, 0.29) is 6.03 Å². The molecule has 0 bridgehead atoms. The van der Waals surface area contributed by atoms with Gasteiger partial charge >= 0.3 is 6.03 Å². The number of unbranched alkanes of at least 4 members (excludes halogenated alkanes) is 1. The molecule has 0 aliphatic rings. The van der Waals surface area contributed by atoms with Crippen LogP contribution in [0, 0.1) is 20.8 Å². The molecule has 30 heavy (non-hydrogen) atoms. The van der Waals surface area contributed by atoms with Crippen LogP contribution < -0.4 is 4.90 Å². The van der Waals surface area contributed by atoms with Crippen molar-refractivity contribution in [2.45, 2.75) is 47.1 Å². The van der Waals surface area contributed by atoms with Crippen molar-refractivity contribution in [2.24, 2.45) is 0 Å². The van der Waals surface area contributed by atoms with E-state index in [0.717, 1.165) is 47.5 Å². The van der Waals surface area contributed by atoms with Gasteiger partial charge in [-0.3, -0.25) is 4.90 Å². The third-order valence-electron chi connectivity index (χ3n) is 5.33. The highest BCUT2D eigenvalue weighted by molar-refractivity contribution is 6.01. The van der Waals surface area contributed by atoms with Gasteiger partial charge in [0.15, 0.2) is 0 Å². The molecule has 3 rings (SSSR count). The molecular weight excluding hydrogens is 368 g/mol. The fourth-order valence-corrected chi connectivity index (χ4v) is 3.97. The van der Waals surface area contributed by atoms with E-state index in [0.29, 0.717) is 6.54 Å². The van der Waals surface area contributed by atoms with Gasteiger partial charge < -0.3 is 4.90 Å². The minimum absolute atomic E-state index is 0.0218. The SMILES string of the molecule is CCCCN(Cc1ccccc1)C(=O)N(c1ccccc1)c1c(C)cc(C)cc1C. The number of para-hydroxylation sites is 1. The van der Waals surface area contributed by atoms with E-state index in [1.165, 1.54) is 5.56 Å². The maximum Gasteiger partial charge on any atom is 0.329 e. The number of hydrogen-bond acceptors (Lipinski definition) is 1. The molecule has 0 atom stereocenters. The van der Waals surface area contributed by atoms with Gasteiger partial charge in [-0.25, -0.2) is 4.79 Å². The second-order valence-electron chi connectivity index (χ2n) is 7.96. The average molecular weight is 401 g/mol. The van der Waals surface area contributed by atoms with Crippen LogP contribution in [0.1, 0.15) is 42.0 Å². The van der Waals surface area contributed by atoms with Crippen LogP contribution in [0.2, 0.25) is 0 Å². The predicted molar refractivity (Wildman–Crippen MR) is 126 cm³/mol. The molecule has 0 heterocycles. The van der Waals surface area contributed by atoms with Crippen LogP contribution in [0.25, 0.3) is 0 Å². The number of carbonyl (C=O) groups is 1. The van der Waals surface area contributed by atoms with Crippen molar-refractivity contribution in [1.29, 1.82) is 0 Å². The van der Waals surface area contributed by atoms with Gasteiger partial charge in [0, 0.05) is 13.1 Å². The zero-order chi connectivity index (χ0) is 21.5. The summed E-state index contributed by atoms with van der Waals surface area (Å²) in [6, 6.07) is 24.5. The Balaban J connectivity index is 2.06. The normalized spacial score (nSPS) is 10.7. The molecule has 3 heteroatoms. The first-order valence-corrected chi connectivity index (χ1v) is 10.8. The molecule has 3 aromatic carbocycles. The highest BCUT2D eigenvalue weighted by Gasteiger charge is 2.26. The standard InChI is InChI=1S/C27H32N2O/c1-5-6-17-28(20-24-13-9-7-10-14-24)27(30)29(25-15-11-8-12-16-25)26-22(3)18-21(2)19-23(26)4/h7-16,18-19H,5-6,17,20H2,1-4H3. The number of benzene rings is 3. The zero-order valence-corrected chi connectivity index (χ0v) is 18.6. The van der Waals surface area contributed by atoms with Crippen LogP contribution in [0.5, 0.6) is 0 Å². The number of carbonyl (C=O) groups excluding carboxylic acids is 1. The number of urea groups is 1. The Morgan fingerprint density at radius 3 is 1.97 bits per heavy atom. The van der Waals surface area contributed by atoms with Gasteiger partial charge in [-0.15, -0.1) is 0 Å². The van der Waals surface area contributed by atoms with Crippen molar-refractivity contribution < 1.29 is 4.79 Å². The van der Waals surface area contributed by atoms with Crippen LogP contribution in [0.15, 0.2) is 72.8 Å². The van der Waals surface area contributed by atoms with Crippen LogP contribution in [-0.2, 0) is 6.54 Å². The topological polar surface area (TPSA) is 23.6 Å². The lowest BCUT2D eigenvalue weighted by Gasteiger charge is -2.33. The van der Waals surface area contributed by atoms with E-state index in [1.54, 1.807) is 0 Å². The number of anilines is 2. The summed E-state index contributed by atoms with van der Waals surface area (Å²) in [5, 5.41) is 0. The average Bonchev–Trinajstić information content (AvgIpc) is 2.74. The molecule has 0 saturated heterocycles. The summed E-state index contributed by atoms with van der Waals surface area (Å²) >= 11 is 0. The molecule has 0 fully saturated rings. The first kappa shape index (κ1) is 21.6. The van der Waals surface area contributed by atoms with Crippen LogP contribution in [0.3, 0.4) is 0 Å². The zero-order valence-electron chi connectivity index (χ0n) is 18.6. The number of hydrogen-bond donors (Lipinski definition) is 0. The molecule has 0 unspecified atom stereocenters. The van der Waals surface area contributed by atoms with Gasteiger partial charge in [0.05, 0.1) is 11.4 Å². The molecule has 3 nitrogen and oxygen atoms in total. The summed E-state index contributed by atoms with van der Waals surface area (Å²) in [4.78, 5) is 17.9. The maximum atomic E-state index is 14.0. The van der Waals surface area contributed by atoms with Crippen molar-refractivity contribution in [2.75, 3.05) is 11.4 Å². The molecule has 3 aromatic rings. The number of rotatable bonds is 7. The largest absolute Gasteiger partial charge is 0.329 e. The van der Waals surface area contributed by atoms with Gasteiger partial charge in [-0.2, -0.15) is 0 Å². The van der Waals surface area contributed by atoms with Gasteiger partial charge in [0.25, 0.3) is 0 Å². The molecule has 2 amide bonds. The van der Waals surface area contributed by atoms with E-state index >= 15 is 0 Å². The Morgan fingerprint density at radius 2 is 1.40 bits per heavy atom. The van der Waals surface area contributed by atoms with E-state index in [1.807, 2.05) is 58.3 Å².